The Kier molecular flexibility index (Phi) is 2.23. The number of alkyl halides is 2. The maximum absolute atomic E-state index is 12.9. The molecule has 0 N–H and O–H groups in total. The van der Waals surface area contributed by atoms with Gasteiger partial charge >= 0.3 is 0 Å². The third kappa shape index (κ3) is 1.50. The molecule has 0 saturated heterocycles. The number of hydrogen-bond acceptors (Lipinski definition) is 1. The van der Waals surface area contributed by atoms with Crippen LogP contribution in [0.5, 0.6) is 0 Å². The quantitative estimate of drug-likeness (QED) is 0.667. The molecule has 0 bridgehead atoms. The lowest BCUT2D eigenvalue weighted by atomic mass is 10.1. The van der Waals surface area contributed by atoms with Crippen molar-refractivity contribution in [3.63, 3.8) is 0 Å². The summed E-state index contributed by atoms with van der Waals surface area (Å²) in [5.74, 6) is 0. The summed E-state index contributed by atoms with van der Waals surface area (Å²) in [5.41, 5.74) is 0.652. The van der Waals surface area contributed by atoms with Crippen LogP contribution in [0.1, 0.15) is 17.6 Å². The highest BCUT2D eigenvalue weighted by Gasteiger charge is 2.14. The van der Waals surface area contributed by atoms with Crippen molar-refractivity contribution in [2.24, 2.45) is 0 Å². The smallest absolute Gasteiger partial charge is 0.205 e. The van der Waals surface area contributed by atoms with Crippen molar-refractivity contribution in [1.29, 1.82) is 0 Å². The molecule has 4 heteroatoms. The lowest BCUT2D eigenvalue weighted by Crippen LogP contribution is -1.85. The largest absolute Gasteiger partial charge is 0.265 e. The zero-order valence-corrected chi connectivity index (χ0v) is 8.17. The Labute approximate surface area is 83.0 Å². The van der Waals surface area contributed by atoms with Crippen molar-refractivity contribution >= 4 is 21.4 Å². The van der Waals surface area contributed by atoms with Gasteiger partial charge < -0.3 is 0 Å². The number of rotatable bonds is 1. The highest BCUT2D eigenvalue weighted by Crippen LogP contribution is 2.34. The summed E-state index contributed by atoms with van der Waals surface area (Å²) >= 11 is 0.769. The van der Waals surface area contributed by atoms with Gasteiger partial charge in [-0.1, -0.05) is 6.07 Å². The highest BCUT2D eigenvalue weighted by molar-refractivity contribution is 7.17. The van der Waals surface area contributed by atoms with E-state index in [-0.39, 0.29) is 5.56 Å². The number of thiophene rings is 1. The molecule has 2 aromatic rings. The summed E-state index contributed by atoms with van der Waals surface area (Å²) in [5, 5.41) is 0.135. The first-order valence-electron chi connectivity index (χ1n) is 4.05. The van der Waals surface area contributed by atoms with Gasteiger partial charge in [0.15, 0.2) is 5.13 Å². The standard InChI is InChI=1S/C10H7F3S/c1-5-2-6-4-8(11)14-9(6)7(3-5)10(12)13/h2-4,10H,1H3. The molecular weight excluding hydrogens is 209 g/mol. The maximum Gasteiger partial charge on any atom is 0.265 e. The minimum atomic E-state index is -2.55. The molecule has 0 fully saturated rings. The van der Waals surface area contributed by atoms with E-state index in [4.69, 9.17) is 0 Å². The van der Waals surface area contributed by atoms with Gasteiger partial charge in [0, 0.05) is 10.3 Å². The first-order valence-corrected chi connectivity index (χ1v) is 4.87. The minimum absolute atomic E-state index is 0.0751. The summed E-state index contributed by atoms with van der Waals surface area (Å²) in [6.07, 6.45) is -2.55. The van der Waals surface area contributed by atoms with E-state index in [9.17, 15) is 13.2 Å². The number of fused-ring (bicyclic) bond motifs is 1. The van der Waals surface area contributed by atoms with Crippen LogP contribution in [-0.4, -0.2) is 0 Å². The molecule has 74 valence electrons. The zero-order valence-electron chi connectivity index (χ0n) is 7.35. The van der Waals surface area contributed by atoms with Crippen molar-refractivity contribution in [3.05, 3.63) is 34.5 Å². The van der Waals surface area contributed by atoms with Gasteiger partial charge in [0.2, 0.25) is 0 Å². The first kappa shape index (κ1) is 9.52. The van der Waals surface area contributed by atoms with E-state index in [0.717, 1.165) is 16.9 Å². The van der Waals surface area contributed by atoms with Crippen LogP contribution >= 0.6 is 11.3 Å². The summed E-state index contributed by atoms with van der Waals surface area (Å²) in [6.45, 7) is 1.72. The number of benzene rings is 1. The Morgan fingerprint density at radius 1 is 1.21 bits per heavy atom. The molecule has 1 heterocycles. The van der Waals surface area contributed by atoms with Crippen molar-refractivity contribution in [1.82, 2.24) is 0 Å². The molecule has 0 amide bonds. The molecule has 0 radical (unpaired) electrons. The second-order valence-corrected chi connectivity index (χ2v) is 4.13. The summed E-state index contributed by atoms with van der Waals surface area (Å²) < 4.78 is 38.4. The number of hydrogen-bond donors (Lipinski definition) is 0. The van der Waals surface area contributed by atoms with Gasteiger partial charge in [-0.15, -0.1) is 11.3 Å². The van der Waals surface area contributed by atoms with E-state index >= 15 is 0 Å². The van der Waals surface area contributed by atoms with Crippen LogP contribution < -0.4 is 0 Å². The second-order valence-electron chi connectivity index (χ2n) is 3.12. The number of halogens is 3. The van der Waals surface area contributed by atoms with Crippen molar-refractivity contribution in [3.8, 4) is 0 Å². The molecule has 0 aliphatic carbocycles. The van der Waals surface area contributed by atoms with Crippen molar-refractivity contribution < 1.29 is 13.2 Å². The van der Waals surface area contributed by atoms with Gasteiger partial charge in [0.1, 0.15) is 0 Å². The Bertz CT molecular complexity index is 473. The third-order valence-corrected chi connectivity index (χ3v) is 2.98. The predicted octanol–water partition coefficient (Wildman–Crippen LogP) is 4.29. The van der Waals surface area contributed by atoms with Crippen LogP contribution in [0.25, 0.3) is 10.1 Å². The lowest BCUT2D eigenvalue weighted by molar-refractivity contribution is 0.153. The summed E-state index contributed by atoms with van der Waals surface area (Å²) in [7, 11) is 0. The monoisotopic (exact) mass is 216 g/mol. The van der Waals surface area contributed by atoms with E-state index in [2.05, 4.69) is 0 Å². The minimum Gasteiger partial charge on any atom is -0.205 e. The van der Waals surface area contributed by atoms with E-state index in [0.29, 0.717) is 10.1 Å². The molecule has 0 atom stereocenters. The molecule has 0 saturated carbocycles. The molecule has 1 aromatic carbocycles. The van der Waals surface area contributed by atoms with E-state index in [1.54, 1.807) is 13.0 Å². The average Bonchev–Trinajstić information content (AvgIpc) is 2.42. The fraction of sp³-hybridized carbons (Fsp3) is 0.200. The molecule has 0 unspecified atom stereocenters. The SMILES string of the molecule is Cc1cc(C(F)F)c2sc(F)cc2c1. The molecule has 0 nitrogen and oxygen atoms in total. The maximum atomic E-state index is 12.9. The van der Waals surface area contributed by atoms with Gasteiger partial charge in [-0.05, 0) is 30.0 Å². The molecule has 14 heavy (non-hydrogen) atoms. The fourth-order valence-electron chi connectivity index (χ4n) is 1.47. The normalized spacial score (nSPS) is 11.5. The zero-order chi connectivity index (χ0) is 10.3. The highest BCUT2D eigenvalue weighted by atomic mass is 32.1. The topological polar surface area (TPSA) is 0 Å². The Hall–Kier alpha value is -1.03. The first-order chi connectivity index (χ1) is 6.58. The molecule has 1 aromatic heterocycles. The van der Waals surface area contributed by atoms with Gasteiger partial charge in [0.25, 0.3) is 6.43 Å². The van der Waals surface area contributed by atoms with Gasteiger partial charge in [-0.2, -0.15) is 4.39 Å². The molecule has 0 aliphatic rings. The molecule has 0 aliphatic heterocycles. The van der Waals surface area contributed by atoms with Crippen molar-refractivity contribution in [2.75, 3.05) is 0 Å². The van der Waals surface area contributed by atoms with E-state index < -0.39 is 11.6 Å². The van der Waals surface area contributed by atoms with Crippen LogP contribution in [0.2, 0.25) is 0 Å². The van der Waals surface area contributed by atoms with Crippen molar-refractivity contribution in [2.45, 2.75) is 13.3 Å². The third-order valence-electron chi connectivity index (χ3n) is 1.99. The van der Waals surface area contributed by atoms with Crippen LogP contribution in [0.15, 0.2) is 18.2 Å². The van der Waals surface area contributed by atoms with Crippen LogP contribution in [-0.2, 0) is 0 Å². The number of aryl methyl sites for hydroxylation is 1. The van der Waals surface area contributed by atoms with E-state index in [1.807, 2.05) is 0 Å². The fourth-order valence-corrected chi connectivity index (χ4v) is 2.35. The molecule has 0 spiro atoms. The van der Waals surface area contributed by atoms with Gasteiger partial charge in [-0.3, -0.25) is 0 Å². The summed E-state index contributed by atoms with van der Waals surface area (Å²) in [4.78, 5) is 0. The van der Waals surface area contributed by atoms with Gasteiger partial charge in [-0.25, -0.2) is 8.78 Å². The molecule has 2 rings (SSSR count). The Balaban J connectivity index is 2.79. The summed E-state index contributed by atoms with van der Waals surface area (Å²) in [6, 6.07) is 4.41. The average molecular weight is 216 g/mol. The predicted molar refractivity (Wildman–Crippen MR) is 51.5 cm³/mol. The van der Waals surface area contributed by atoms with E-state index in [1.165, 1.54) is 12.1 Å². The Morgan fingerprint density at radius 2 is 1.93 bits per heavy atom. The Morgan fingerprint density at radius 3 is 2.57 bits per heavy atom. The van der Waals surface area contributed by atoms with Gasteiger partial charge in [0.05, 0.1) is 0 Å². The molecular formula is C10H7F3S. The second kappa shape index (κ2) is 3.28. The lowest BCUT2D eigenvalue weighted by Gasteiger charge is -2.02. The van der Waals surface area contributed by atoms with Crippen LogP contribution in [0.3, 0.4) is 0 Å². The van der Waals surface area contributed by atoms with Crippen LogP contribution in [0, 0.1) is 12.1 Å². The van der Waals surface area contributed by atoms with Crippen LogP contribution in [0.4, 0.5) is 13.2 Å².